The average Bonchev–Trinajstić information content (AvgIpc) is 2.92. The monoisotopic (exact) mass is 501 g/mol. The average molecular weight is 501 g/mol. The van der Waals surface area contributed by atoms with Crippen molar-refractivity contribution in [3.8, 4) is 11.3 Å². The van der Waals surface area contributed by atoms with E-state index in [0.29, 0.717) is 12.0 Å². The van der Waals surface area contributed by atoms with Crippen LogP contribution >= 0.6 is 0 Å². The molecule has 4 rings (SSSR count). The summed E-state index contributed by atoms with van der Waals surface area (Å²) in [6, 6.07) is 8.49. The molecule has 3 aromatic rings. The Morgan fingerprint density at radius 3 is 3.13 bits per heavy atom. The van der Waals surface area contributed by atoms with Crippen LogP contribution < -0.4 is 13.9 Å². The van der Waals surface area contributed by atoms with Gasteiger partial charge in [-0.25, -0.2) is 0 Å². The number of hydrogen-bond donors (Lipinski definition) is 2. The third-order valence-electron chi connectivity index (χ3n) is 4.08. The van der Waals surface area contributed by atoms with Gasteiger partial charge in [-0.1, -0.05) is 0 Å². The van der Waals surface area contributed by atoms with Gasteiger partial charge in [-0.2, -0.15) is 0 Å². The molecule has 1 unspecified atom stereocenters. The zero-order valence-electron chi connectivity index (χ0n) is 12.7. The van der Waals surface area contributed by atoms with Gasteiger partial charge in [0, 0.05) is 0 Å². The van der Waals surface area contributed by atoms with Gasteiger partial charge in [-0.05, 0) is 0 Å². The number of aromatic nitrogens is 4. The van der Waals surface area contributed by atoms with E-state index in [0.717, 1.165) is 65.3 Å². The van der Waals surface area contributed by atoms with Crippen LogP contribution in [0.3, 0.4) is 0 Å². The second-order valence-corrected chi connectivity index (χ2v) is 7.55. The first-order chi connectivity index (χ1) is 11.3. The predicted molar refractivity (Wildman–Crippen MR) is 91.1 cm³/mol. The Kier molecular flexibility index (Phi) is 4.25. The summed E-state index contributed by atoms with van der Waals surface area (Å²) in [5.41, 5.74) is 3.17. The first-order valence-corrected chi connectivity index (χ1v) is 9.75. The number of nitrogens with zero attached hydrogens (tertiary/aromatic N) is 4. The summed E-state index contributed by atoms with van der Waals surface area (Å²) >= 11 is 0.883. The Morgan fingerprint density at radius 1 is 1.30 bits per heavy atom. The Morgan fingerprint density at radius 2 is 2.26 bits per heavy atom. The van der Waals surface area contributed by atoms with Crippen LogP contribution in [0.15, 0.2) is 36.7 Å². The summed E-state index contributed by atoms with van der Waals surface area (Å²) in [5.74, 6) is 0.701. The molecule has 115 valence electrons. The molecule has 0 spiro atoms. The summed E-state index contributed by atoms with van der Waals surface area (Å²) in [6.45, 7) is 2.07. The van der Waals surface area contributed by atoms with Gasteiger partial charge < -0.3 is 0 Å². The molecule has 7 heteroatoms. The van der Waals surface area contributed by atoms with Crippen molar-refractivity contribution in [1.82, 2.24) is 24.9 Å². The SMILES string of the molecule is [Pb][c]1nn2ccccc2c1-c1ccnc(NC2CCCNC2)n1. The zero-order valence-corrected chi connectivity index (χ0v) is 16.5. The molecular formula is C16H17N6Pb. The number of anilines is 1. The molecule has 1 aliphatic rings. The molecular weight excluding hydrogens is 483 g/mol. The van der Waals surface area contributed by atoms with Crippen LogP contribution in [-0.2, 0) is 0 Å². The third-order valence-corrected chi connectivity index (χ3v) is 5.44. The van der Waals surface area contributed by atoms with Crippen LogP contribution in [0.25, 0.3) is 16.8 Å². The first-order valence-electron chi connectivity index (χ1n) is 7.81. The number of fused-ring (bicyclic) bond motifs is 1. The molecule has 0 aliphatic carbocycles. The topological polar surface area (TPSA) is 67.1 Å². The van der Waals surface area contributed by atoms with E-state index in [1.54, 1.807) is 0 Å². The van der Waals surface area contributed by atoms with Gasteiger partial charge in [0.2, 0.25) is 0 Å². The van der Waals surface area contributed by atoms with Crippen molar-refractivity contribution in [3.05, 3.63) is 36.7 Å². The minimum atomic E-state index is 0.401. The normalized spacial score (nSPS) is 18.2. The van der Waals surface area contributed by atoms with E-state index in [4.69, 9.17) is 4.98 Å². The van der Waals surface area contributed by atoms with Crippen molar-refractivity contribution in [1.29, 1.82) is 0 Å². The molecule has 0 amide bonds. The van der Waals surface area contributed by atoms with Crippen LogP contribution in [0.2, 0.25) is 0 Å². The molecule has 3 aromatic heterocycles. The fourth-order valence-electron chi connectivity index (χ4n) is 2.98. The minimum absolute atomic E-state index is 0.401. The predicted octanol–water partition coefficient (Wildman–Crippen LogP) is 0.749. The molecule has 4 heterocycles. The summed E-state index contributed by atoms with van der Waals surface area (Å²) in [6.07, 6.45) is 6.15. The van der Waals surface area contributed by atoms with Crippen molar-refractivity contribution in [3.63, 3.8) is 0 Å². The van der Waals surface area contributed by atoms with Crippen LogP contribution in [0.4, 0.5) is 5.95 Å². The maximum atomic E-state index is 4.74. The van der Waals surface area contributed by atoms with E-state index in [1.165, 1.54) is 6.42 Å². The molecule has 6 nitrogen and oxygen atoms in total. The maximum absolute atomic E-state index is 4.74. The zero-order chi connectivity index (χ0) is 15.6. The molecule has 1 saturated heterocycles. The van der Waals surface area contributed by atoms with Crippen LogP contribution in [0.5, 0.6) is 0 Å². The third kappa shape index (κ3) is 3.09. The van der Waals surface area contributed by atoms with E-state index in [-0.39, 0.29) is 0 Å². The Labute approximate surface area is 150 Å². The molecule has 1 atom stereocenters. The van der Waals surface area contributed by atoms with Gasteiger partial charge in [0.25, 0.3) is 0 Å². The molecule has 1 fully saturated rings. The Balaban J connectivity index is 1.68. The molecule has 3 radical (unpaired) electrons. The van der Waals surface area contributed by atoms with Gasteiger partial charge in [-0.15, -0.1) is 0 Å². The van der Waals surface area contributed by atoms with Gasteiger partial charge in [-0.3, -0.25) is 0 Å². The number of rotatable bonds is 3. The van der Waals surface area contributed by atoms with Gasteiger partial charge in [0.1, 0.15) is 0 Å². The molecule has 1 aliphatic heterocycles. The van der Waals surface area contributed by atoms with Crippen molar-refractivity contribution in [2.24, 2.45) is 0 Å². The quantitative estimate of drug-likeness (QED) is 0.520. The number of piperidine rings is 1. The second-order valence-electron chi connectivity index (χ2n) is 5.71. The number of pyridine rings is 1. The molecule has 2 N–H and O–H groups in total. The van der Waals surface area contributed by atoms with E-state index >= 15 is 0 Å². The number of hydrogen-bond acceptors (Lipinski definition) is 5. The summed E-state index contributed by atoms with van der Waals surface area (Å²) in [5, 5.41) is 11.5. The van der Waals surface area contributed by atoms with Crippen molar-refractivity contribution < 1.29 is 0 Å². The van der Waals surface area contributed by atoms with Crippen molar-refractivity contribution >= 4 is 40.5 Å². The number of nitrogens with one attached hydrogen (secondary N) is 2. The second kappa shape index (κ2) is 6.52. The van der Waals surface area contributed by atoms with Crippen LogP contribution in [-0.4, -0.2) is 64.5 Å². The Hall–Kier alpha value is -1.55. The van der Waals surface area contributed by atoms with Crippen LogP contribution in [0.1, 0.15) is 12.8 Å². The summed E-state index contributed by atoms with van der Waals surface area (Å²) in [7, 11) is 0. The molecule has 0 aromatic carbocycles. The van der Waals surface area contributed by atoms with Crippen LogP contribution in [0, 0.1) is 0 Å². The molecule has 0 bridgehead atoms. The van der Waals surface area contributed by atoms with E-state index in [9.17, 15) is 0 Å². The van der Waals surface area contributed by atoms with Crippen molar-refractivity contribution in [2.75, 3.05) is 18.4 Å². The van der Waals surface area contributed by atoms with E-state index in [2.05, 4.69) is 26.8 Å². The van der Waals surface area contributed by atoms with Gasteiger partial charge in [0.05, 0.1) is 0 Å². The summed E-state index contributed by atoms with van der Waals surface area (Å²) in [4.78, 5) is 9.13. The van der Waals surface area contributed by atoms with Crippen molar-refractivity contribution in [2.45, 2.75) is 18.9 Å². The molecule has 23 heavy (non-hydrogen) atoms. The Bertz CT molecular complexity index is 824. The fourth-order valence-corrected chi connectivity index (χ4v) is 4.39. The standard InChI is InChI=1S/C16H17N6.Pb/c1-2-9-22-15(5-1)13(11-19-22)14-6-8-18-16(21-14)20-12-4-3-7-17-10-12;/h1-2,5-6,8-9,12,17H,3-4,7,10H2,(H,18,20,21);. The first kappa shape index (κ1) is 15.0. The molecule has 0 saturated carbocycles. The summed E-state index contributed by atoms with van der Waals surface area (Å²) < 4.78 is 3.04. The van der Waals surface area contributed by atoms with E-state index < -0.39 is 0 Å². The van der Waals surface area contributed by atoms with E-state index in [1.807, 2.05) is 35.1 Å². The van der Waals surface area contributed by atoms with Gasteiger partial charge in [0.15, 0.2) is 0 Å². The fraction of sp³-hybridized carbons (Fsp3) is 0.312. The van der Waals surface area contributed by atoms with Gasteiger partial charge >= 0.3 is 151 Å².